The molecule has 1 fully saturated rings. The molecule has 0 bridgehead atoms. The fourth-order valence-electron chi connectivity index (χ4n) is 2.53. The van der Waals surface area contributed by atoms with Crippen molar-refractivity contribution in [3.8, 4) is 5.75 Å². The molecule has 0 atom stereocenters. The number of thioether (sulfide) groups is 1. The Morgan fingerprint density at radius 3 is 3.12 bits per heavy atom. The molecule has 1 aromatic rings. The number of nitrogens with zero attached hydrogens (tertiary/aromatic N) is 1. The molecular formula is C16H16ClNO5S. The molecule has 1 amide bonds. The summed E-state index contributed by atoms with van der Waals surface area (Å²) in [5.74, 6) is 0.442. The molecular weight excluding hydrogens is 354 g/mol. The van der Waals surface area contributed by atoms with Crippen molar-refractivity contribution < 1.29 is 23.8 Å². The van der Waals surface area contributed by atoms with Crippen LogP contribution in [0.3, 0.4) is 0 Å². The van der Waals surface area contributed by atoms with Gasteiger partial charge in [0, 0.05) is 16.1 Å². The molecule has 128 valence electrons. The van der Waals surface area contributed by atoms with Crippen LogP contribution in [0.15, 0.2) is 23.2 Å². The fourth-order valence-corrected chi connectivity index (χ4v) is 3.72. The first kappa shape index (κ1) is 17.1. The second kappa shape index (κ2) is 7.46. The molecule has 3 rings (SSSR count). The minimum atomic E-state index is -0.461. The van der Waals surface area contributed by atoms with E-state index in [-0.39, 0.29) is 31.6 Å². The third kappa shape index (κ3) is 3.68. The molecule has 24 heavy (non-hydrogen) atoms. The topological polar surface area (TPSA) is 65.1 Å². The SMILES string of the molecule is CCOC(=O)/C=C1\SCC(=O)N1Cc1cc(Cl)cc2c1OCOC2. The molecule has 0 aliphatic carbocycles. The van der Waals surface area contributed by atoms with Crippen molar-refractivity contribution in [3.05, 3.63) is 39.4 Å². The molecule has 0 saturated carbocycles. The number of carbonyl (C=O) groups excluding carboxylic acids is 2. The Balaban J connectivity index is 1.87. The summed E-state index contributed by atoms with van der Waals surface area (Å²) >= 11 is 7.47. The van der Waals surface area contributed by atoms with Crippen LogP contribution in [0, 0.1) is 0 Å². The molecule has 2 heterocycles. The number of hydrogen-bond acceptors (Lipinski definition) is 6. The Hall–Kier alpha value is -1.70. The molecule has 0 aromatic heterocycles. The molecule has 0 spiro atoms. The third-order valence-electron chi connectivity index (χ3n) is 3.52. The van der Waals surface area contributed by atoms with Crippen LogP contribution in [-0.2, 0) is 32.2 Å². The lowest BCUT2D eigenvalue weighted by Gasteiger charge is -2.24. The van der Waals surface area contributed by atoms with E-state index in [1.54, 1.807) is 24.0 Å². The summed E-state index contributed by atoms with van der Waals surface area (Å²) in [4.78, 5) is 25.4. The van der Waals surface area contributed by atoms with E-state index >= 15 is 0 Å². The van der Waals surface area contributed by atoms with Gasteiger partial charge in [-0.2, -0.15) is 0 Å². The second-order valence-electron chi connectivity index (χ2n) is 5.17. The van der Waals surface area contributed by atoms with Crippen molar-refractivity contribution in [3.63, 3.8) is 0 Å². The van der Waals surface area contributed by atoms with Gasteiger partial charge in [0.2, 0.25) is 5.91 Å². The van der Waals surface area contributed by atoms with Crippen molar-refractivity contribution in [1.82, 2.24) is 4.90 Å². The zero-order chi connectivity index (χ0) is 17.1. The molecule has 0 unspecified atom stereocenters. The zero-order valence-electron chi connectivity index (χ0n) is 13.0. The predicted molar refractivity (Wildman–Crippen MR) is 89.5 cm³/mol. The van der Waals surface area contributed by atoms with Crippen LogP contribution in [0.4, 0.5) is 0 Å². The van der Waals surface area contributed by atoms with Gasteiger partial charge in [-0.15, -0.1) is 0 Å². The van der Waals surface area contributed by atoms with Crippen molar-refractivity contribution in [2.45, 2.75) is 20.1 Å². The van der Waals surface area contributed by atoms with Crippen LogP contribution in [0.25, 0.3) is 0 Å². The standard InChI is InChI=1S/C16H16ClNO5S/c1-2-22-15(20)5-14-18(13(19)8-24-14)6-10-3-12(17)4-11-7-21-9-23-16(10)11/h3-5H,2,6-9H2,1H3/b14-5-. The summed E-state index contributed by atoms with van der Waals surface area (Å²) in [5.41, 5.74) is 1.63. The van der Waals surface area contributed by atoms with Crippen molar-refractivity contribution in [2.24, 2.45) is 0 Å². The van der Waals surface area contributed by atoms with Crippen LogP contribution in [0.2, 0.25) is 5.02 Å². The number of ether oxygens (including phenoxy) is 3. The Labute approximate surface area is 148 Å². The predicted octanol–water partition coefficient (Wildman–Crippen LogP) is 2.69. The van der Waals surface area contributed by atoms with Gasteiger partial charge in [0.25, 0.3) is 0 Å². The van der Waals surface area contributed by atoms with Crippen LogP contribution in [0.1, 0.15) is 18.1 Å². The highest BCUT2D eigenvalue weighted by Crippen LogP contribution is 2.36. The molecule has 8 heteroatoms. The van der Waals surface area contributed by atoms with Gasteiger partial charge in [0.15, 0.2) is 6.79 Å². The lowest BCUT2D eigenvalue weighted by atomic mass is 10.1. The van der Waals surface area contributed by atoms with Gasteiger partial charge >= 0.3 is 5.97 Å². The highest BCUT2D eigenvalue weighted by atomic mass is 35.5. The summed E-state index contributed by atoms with van der Waals surface area (Å²) in [5, 5.41) is 1.12. The molecule has 0 radical (unpaired) electrons. The summed E-state index contributed by atoms with van der Waals surface area (Å²) in [6, 6.07) is 3.55. The Kier molecular flexibility index (Phi) is 5.33. The number of halogens is 1. The quantitative estimate of drug-likeness (QED) is 0.600. The smallest absolute Gasteiger partial charge is 0.333 e. The van der Waals surface area contributed by atoms with Crippen LogP contribution in [0.5, 0.6) is 5.75 Å². The average Bonchev–Trinajstić information content (AvgIpc) is 2.88. The molecule has 6 nitrogen and oxygen atoms in total. The van der Waals surface area contributed by atoms with E-state index in [1.165, 1.54) is 17.8 Å². The van der Waals surface area contributed by atoms with E-state index in [1.807, 2.05) is 0 Å². The Bertz CT molecular complexity index is 706. The molecule has 0 N–H and O–H groups in total. The lowest BCUT2D eigenvalue weighted by Crippen LogP contribution is -2.25. The highest BCUT2D eigenvalue weighted by molar-refractivity contribution is 8.04. The molecule has 2 aliphatic heterocycles. The highest BCUT2D eigenvalue weighted by Gasteiger charge is 2.29. The van der Waals surface area contributed by atoms with Gasteiger partial charge < -0.3 is 19.1 Å². The first-order valence-corrected chi connectivity index (χ1v) is 8.78. The Morgan fingerprint density at radius 2 is 2.33 bits per heavy atom. The van der Waals surface area contributed by atoms with Crippen LogP contribution < -0.4 is 4.74 Å². The number of fused-ring (bicyclic) bond motifs is 1. The van der Waals surface area contributed by atoms with Gasteiger partial charge in [-0.05, 0) is 19.1 Å². The number of amides is 1. The number of hydrogen-bond donors (Lipinski definition) is 0. The summed E-state index contributed by atoms with van der Waals surface area (Å²) < 4.78 is 15.8. The minimum Gasteiger partial charge on any atom is -0.467 e. The van der Waals surface area contributed by atoms with E-state index in [2.05, 4.69) is 0 Å². The van der Waals surface area contributed by atoms with E-state index in [9.17, 15) is 9.59 Å². The van der Waals surface area contributed by atoms with Crippen molar-refractivity contribution in [1.29, 1.82) is 0 Å². The zero-order valence-corrected chi connectivity index (χ0v) is 14.6. The molecule has 1 aromatic carbocycles. The monoisotopic (exact) mass is 369 g/mol. The number of carbonyl (C=O) groups is 2. The van der Waals surface area contributed by atoms with Gasteiger partial charge in [0.05, 0.1) is 36.6 Å². The van der Waals surface area contributed by atoms with Crippen molar-refractivity contribution in [2.75, 3.05) is 19.2 Å². The molecule has 2 aliphatic rings. The van der Waals surface area contributed by atoms with E-state index in [0.29, 0.717) is 22.4 Å². The maximum atomic E-state index is 12.2. The van der Waals surface area contributed by atoms with E-state index < -0.39 is 5.97 Å². The van der Waals surface area contributed by atoms with Crippen LogP contribution >= 0.6 is 23.4 Å². The van der Waals surface area contributed by atoms with E-state index in [0.717, 1.165) is 11.1 Å². The largest absolute Gasteiger partial charge is 0.467 e. The minimum absolute atomic E-state index is 0.0728. The lowest BCUT2D eigenvalue weighted by molar-refractivity contribution is -0.137. The van der Waals surface area contributed by atoms with E-state index in [4.69, 9.17) is 25.8 Å². The number of rotatable bonds is 4. The number of esters is 1. The second-order valence-corrected chi connectivity index (χ2v) is 6.60. The maximum absolute atomic E-state index is 12.2. The Morgan fingerprint density at radius 1 is 1.50 bits per heavy atom. The summed E-state index contributed by atoms with van der Waals surface area (Å²) in [6.45, 7) is 2.88. The summed E-state index contributed by atoms with van der Waals surface area (Å²) in [7, 11) is 0. The average molecular weight is 370 g/mol. The van der Waals surface area contributed by atoms with Gasteiger partial charge in [-0.3, -0.25) is 4.79 Å². The first-order chi connectivity index (χ1) is 11.6. The van der Waals surface area contributed by atoms with Crippen LogP contribution in [-0.4, -0.2) is 35.9 Å². The number of benzene rings is 1. The van der Waals surface area contributed by atoms with Crippen molar-refractivity contribution >= 4 is 35.2 Å². The molecule has 1 saturated heterocycles. The summed E-state index contributed by atoms with van der Waals surface area (Å²) in [6.07, 6.45) is 1.35. The first-order valence-electron chi connectivity index (χ1n) is 7.42. The van der Waals surface area contributed by atoms with Gasteiger partial charge in [-0.1, -0.05) is 23.4 Å². The maximum Gasteiger partial charge on any atom is 0.333 e. The normalized spacial score (nSPS) is 18.5. The van der Waals surface area contributed by atoms with Gasteiger partial charge in [-0.25, -0.2) is 4.79 Å². The third-order valence-corrected chi connectivity index (χ3v) is 4.76. The van der Waals surface area contributed by atoms with Gasteiger partial charge in [0.1, 0.15) is 5.75 Å². The fraction of sp³-hybridized carbons (Fsp3) is 0.375.